The van der Waals surface area contributed by atoms with Crippen molar-refractivity contribution in [2.75, 3.05) is 46.9 Å². The van der Waals surface area contributed by atoms with Gasteiger partial charge in [-0.15, -0.1) is 0 Å². The molecule has 1 atom stereocenters. The van der Waals surface area contributed by atoms with Gasteiger partial charge in [0.1, 0.15) is 12.3 Å². The molecule has 2 aromatic carbocycles. The Bertz CT molecular complexity index is 1380. The molecule has 0 unspecified atom stereocenters. The molecule has 1 aliphatic heterocycles. The van der Waals surface area contributed by atoms with Crippen LogP contribution in [0.5, 0.6) is 11.5 Å². The van der Waals surface area contributed by atoms with Crippen LogP contribution in [0.1, 0.15) is 43.9 Å². The van der Waals surface area contributed by atoms with Crippen LogP contribution in [0, 0.1) is 0 Å². The number of aromatic nitrogens is 1. The van der Waals surface area contributed by atoms with Gasteiger partial charge < -0.3 is 29.4 Å². The van der Waals surface area contributed by atoms with Crippen LogP contribution in [0.2, 0.25) is 0 Å². The van der Waals surface area contributed by atoms with Crippen LogP contribution in [0.4, 0.5) is 0 Å². The fourth-order valence-electron chi connectivity index (χ4n) is 5.07. The van der Waals surface area contributed by atoms with Crippen LogP contribution in [-0.2, 0) is 27.3 Å². The summed E-state index contributed by atoms with van der Waals surface area (Å²) in [4.78, 5) is 46.7. The fraction of sp³-hybridized carbons (Fsp3) is 0.455. The molecule has 0 aliphatic carbocycles. The molecule has 2 bridgehead atoms. The zero-order valence-corrected chi connectivity index (χ0v) is 25.8. The molecule has 0 radical (unpaired) electrons. The normalized spacial score (nSPS) is 18.8. The van der Waals surface area contributed by atoms with Gasteiger partial charge in [0, 0.05) is 45.2 Å². The predicted molar refractivity (Wildman–Crippen MR) is 166 cm³/mol. The minimum Gasteiger partial charge on any atom is -0.493 e. The molecule has 11 nitrogen and oxygen atoms in total. The van der Waals surface area contributed by atoms with Gasteiger partial charge in [0.05, 0.1) is 12.8 Å². The molecular weight excluding hydrogens is 562 g/mol. The summed E-state index contributed by atoms with van der Waals surface area (Å²) in [7, 11) is 3.27. The molecule has 0 spiro atoms. The average Bonchev–Trinajstić information content (AvgIpc) is 3.51. The van der Waals surface area contributed by atoms with Crippen LogP contribution >= 0.6 is 0 Å². The minimum atomic E-state index is -0.692. The van der Waals surface area contributed by atoms with Gasteiger partial charge >= 0.3 is 0 Å². The number of amides is 3. The third-order valence-corrected chi connectivity index (χ3v) is 7.50. The van der Waals surface area contributed by atoms with Gasteiger partial charge in [-0.05, 0) is 69.0 Å². The second-order valence-corrected chi connectivity index (χ2v) is 11.0. The highest BCUT2D eigenvalue weighted by atomic mass is 16.5. The molecule has 11 heteroatoms. The maximum Gasteiger partial charge on any atom is 0.258 e. The number of methoxy groups -OCH3 is 1. The van der Waals surface area contributed by atoms with E-state index in [1.807, 2.05) is 36.4 Å². The summed E-state index contributed by atoms with van der Waals surface area (Å²) in [6, 6.07) is 14.5. The zero-order chi connectivity index (χ0) is 31.3. The van der Waals surface area contributed by atoms with Crippen LogP contribution < -0.4 is 20.1 Å². The Morgan fingerprint density at radius 1 is 0.977 bits per heavy atom. The van der Waals surface area contributed by atoms with Gasteiger partial charge in [-0.25, -0.2) is 4.98 Å². The summed E-state index contributed by atoms with van der Waals surface area (Å²) in [6.07, 6.45) is 4.97. The number of nitrogens with one attached hydrogen (secondary N) is 2. The number of nitrogens with zero attached hydrogens (tertiary/aromatic N) is 3. The van der Waals surface area contributed by atoms with Crippen molar-refractivity contribution in [3.63, 3.8) is 0 Å². The maximum absolute atomic E-state index is 12.9. The highest BCUT2D eigenvalue weighted by Crippen LogP contribution is 2.28. The third kappa shape index (κ3) is 9.84. The second-order valence-electron chi connectivity index (χ2n) is 11.0. The van der Waals surface area contributed by atoms with Crippen molar-refractivity contribution in [3.05, 3.63) is 66.1 Å². The molecule has 44 heavy (non-hydrogen) atoms. The number of hydrogen-bond donors (Lipinski definition) is 2. The van der Waals surface area contributed by atoms with Gasteiger partial charge in [-0.1, -0.05) is 24.3 Å². The van der Waals surface area contributed by atoms with E-state index in [0.717, 1.165) is 49.2 Å². The van der Waals surface area contributed by atoms with Gasteiger partial charge in [0.2, 0.25) is 17.7 Å². The van der Waals surface area contributed by atoms with E-state index in [0.29, 0.717) is 49.9 Å². The summed E-state index contributed by atoms with van der Waals surface area (Å²) >= 11 is 0. The third-order valence-electron chi connectivity index (χ3n) is 7.50. The molecule has 0 fully saturated rings. The molecule has 1 aliphatic rings. The van der Waals surface area contributed by atoms with Gasteiger partial charge in [-0.3, -0.25) is 19.3 Å². The van der Waals surface area contributed by atoms with Crippen molar-refractivity contribution in [3.8, 4) is 23.0 Å². The highest BCUT2D eigenvalue weighted by molar-refractivity contribution is 5.87. The quantitative estimate of drug-likeness (QED) is 0.464. The summed E-state index contributed by atoms with van der Waals surface area (Å²) in [6.45, 7) is 4.71. The topological polar surface area (TPSA) is 126 Å². The first kappa shape index (κ1) is 32.5. The first-order valence-electron chi connectivity index (χ1n) is 15.2. The Balaban J connectivity index is 1.42. The van der Waals surface area contributed by atoms with E-state index in [1.54, 1.807) is 37.3 Å². The zero-order valence-electron chi connectivity index (χ0n) is 25.8. The molecule has 0 saturated carbocycles. The molecule has 0 saturated heterocycles. The monoisotopic (exact) mass is 605 g/mol. The Hall–Kier alpha value is -4.38. The van der Waals surface area contributed by atoms with Crippen molar-refractivity contribution in [2.24, 2.45) is 0 Å². The van der Waals surface area contributed by atoms with Crippen molar-refractivity contribution in [1.82, 2.24) is 25.4 Å². The maximum atomic E-state index is 12.9. The molecule has 3 amide bonds. The van der Waals surface area contributed by atoms with E-state index < -0.39 is 11.9 Å². The van der Waals surface area contributed by atoms with E-state index >= 15 is 0 Å². The molecule has 2 N–H and O–H groups in total. The standard InChI is InChI=1S/C33H43N5O6/c1-24-33(41)37(2)17-7-8-18-38(21-27-22-44-32(36-27)26-10-5-4-6-11-26)19-9-16-34-30(39)15-13-25-12-14-28(42-3)29(20-25)43-23-31(40)35-24/h4-6,10-12,14,20,22,24H,7-9,13,15-19,21,23H2,1-3H3,(H,34,39)(H,35,40)/t24-/m0/s1. The number of carbonyl (C=O) groups is 3. The Kier molecular flexibility index (Phi) is 12.2. The second kappa shape index (κ2) is 16.5. The molecular formula is C33H43N5O6. The fourth-order valence-corrected chi connectivity index (χ4v) is 5.07. The number of ether oxygens (including phenoxy) is 2. The molecule has 2 heterocycles. The van der Waals surface area contributed by atoms with E-state index in [2.05, 4.69) is 15.5 Å². The van der Waals surface area contributed by atoms with Crippen LogP contribution in [0.15, 0.2) is 59.2 Å². The van der Waals surface area contributed by atoms with Crippen molar-refractivity contribution < 1.29 is 28.3 Å². The highest BCUT2D eigenvalue weighted by Gasteiger charge is 2.20. The number of benzene rings is 2. The molecule has 236 valence electrons. The summed E-state index contributed by atoms with van der Waals surface area (Å²) in [5.41, 5.74) is 2.65. The predicted octanol–water partition coefficient (Wildman–Crippen LogP) is 3.43. The van der Waals surface area contributed by atoms with Crippen molar-refractivity contribution >= 4 is 17.7 Å². The Morgan fingerprint density at radius 2 is 1.75 bits per heavy atom. The lowest BCUT2D eigenvalue weighted by atomic mass is 10.1. The Morgan fingerprint density at radius 3 is 2.55 bits per heavy atom. The van der Waals surface area contributed by atoms with E-state index in [-0.39, 0.29) is 18.4 Å². The number of oxazole rings is 1. The lowest BCUT2D eigenvalue weighted by Gasteiger charge is -2.24. The first-order valence-corrected chi connectivity index (χ1v) is 15.2. The van der Waals surface area contributed by atoms with E-state index in [1.165, 1.54) is 7.11 Å². The van der Waals surface area contributed by atoms with Gasteiger partial charge in [-0.2, -0.15) is 0 Å². The SMILES string of the molecule is COc1ccc2cc1OCC(=O)N[C@@H](C)C(=O)N(C)CCCCN(Cc1coc(-c3ccccc3)n1)CCCNC(=O)CC2. The van der Waals surface area contributed by atoms with E-state index in [9.17, 15) is 14.4 Å². The smallest absolute Gasteiger partial charge is 0.258 e. The van der Waals surface area contributed by atoms with Gasteiger partial charge in [0.25, 0.3) is 5.91 Å². The van der Waals surface area contributed by atoms with Crippen molar-refractivity contribution in [2.45, 2.75) is 51.6 Å². The van der Waals surface area contributed by atoms with Crippen LogP contribution in [0.3, 0.4) is 0 Å². The van der Waals surface area contributed by atoms with Crippen molar-refractivity contribution in [1.29, 1.82) is 0 Å². The number of fused-ring (bicyclic) bond motifs is 2. The number of rotatable bonds is 4. The minimum absolute atomic E-state index is 0.0259. The van der Waals surface area contributed by atoms with E-state index in [4.69, 9.17) is 18.9 Å². The number of likely N-dealkylation sites (N-methyl/N-ethyl adjacent to an activating group) is 1. The number of aryl methyl sites for hydroxylation is 1. The number of carbonyl (C=O) groups excluding carboxylic acids is 3. The lowest BCUT2D eigenvalue weighted by molar-refractivity contribution is -0.135. The molecule has 1 aromatic heterocycles. The van der Waals surface area contributed by atoms with Gasteiger partial charge in [0.15, 0.2) is 18.1 Å². The lowest BCUT2D eigenvalue weighted by Crippen LogP contribution is -2.47. The molecule has 3 aromatic rings. The summed E-state index contributed by atoms with van der Waals surface area (Å²) in [5.74, 6) is 0.875. The summed E-state index contributed by atoms with van der Waals surface area (Å²) < 4.78 is 16.9. The summed E-state index contributed by atoms with van der Waals surface area (Å²) in [5, 5.41) is 5.75. The average molecular weight is 606 g/mol. The first-order chi connectivity index (χ1) is 21.3. The van der Waals surface area contributed by atoms with Crippen LogP contribution in [-0.4, -0.2) is 85.5 Å². The van der Waals surface area contributed by atoms with Crippen LogP contribution in [0.25, 0.3) is 11.5 Å². The molecule has 4 rings (SSSR count). The number of hydrogen-bond acceptors (Lipinski definition) is 8. The largest absolute Gasteiger partial charge is 0.493 e. The Labute approximate surface area is 258 Å².